The lowest BCUT2D eigenvalue weighted by Crippen LogP contribution is -2.02. The average Bonchev–Trinajstić information content (AvgIpc) is 2.48. The van der Waals surface area contributed by atoms with Crippen molar-refractivity contribution in [2.24, 2.45) is 0 Å². The molecule has 1 nitrogen and oxygen atoms in total. The lowest BCUT2D eigenvalue weighted by Gasteiger charge is -1.93. The molecule has 0 saturated carbocycles. The van der Waals surface area contributed by atoms with Gasteiger partial charge >= 0.3 is 0 Å². The van der Waals surface area contributed by atoms with E-state index in [9.17, 15) is 4.79 Å². The van der Waals surface area contributed by atoms with Crippen LogP contribution in [0.15, 0.2) is 59.4 Å². The summed E-state index contributed by atoms with van der Waals surface area (Å²) in [5, 5.41) is 3.08. The molecule has 0 heterocycles. The Labute approximate surface area is 100 Å². The Morgan fingerprint density at radius 1 is 0.765 bits per heavy atom. The molecule has 0 N–H and O–H groups in total. The molecule has 0 saturated heterocycles. The number of hydrogen-bond acceptors (Lipinski definition) is 1. The lowest BCUT2D eigenvalue weighted by molar-refractivity contribution is 1.75. The Kier molecular flexibility index (Phi) is 2.22. The molecule has 3 aromatic carbocycles. The highest BCUT2D eigenvalue weighted by atomic mass is 16.1. The summed E-state index contributed by atoms with van der Waals surface area (Å²) in [6, 6.07) is 16.8. The SMILES string of the molecule is [B]c1cc2ccccc2c(=O)c2ccccc12. The van der Waals surface area contributed by atoms with Crippen LogP contribution in [-0.2, 0) is 0 Å². The van der Waals surface area contributed by atoms with Gasteiger partial charge in [0.2, 0.25) is 0 Å². The van der Waals surface area contributed by atoms with Crippen LogP contribution in [0.1, 0.15) is 0 Å². The van der Waals surface area contributed by atoms with Crippen molar-refractivity contribution in [3.05, 3.63) is 64.8 Å². The van der Waals surface area contributed by atoms with E-state index in [2.05, 4.69) is 0 Å². The highest BCUT2D eigenvalue weighted by molar-refractivity contribution is 6.39. The van der Waals surface area contributed by atoms with E-state index in [0.717, 1.165) is 10.8 Å². The Morgan fingerprint density at radius 3 is 2.12 bits per heavy atom. The van der Waals surface area contributed by atoms with Gasteiger partial charge in [-0.15, -0.1) is 0 Å². The van der Waals surface area contributed by atoms with Crippen molar-refractivity contribution in [1.82, 2.24) is 0 Å². The Balaban J connectivity index is 2.73. The van der Waals surface area contributed by atoms with E-state index in [1.165, 1.54) is 0 Å². The largest absolute Gasteiger partial charge is 0.289 e. The normalized spacial score (nSPS) is 10.8. The van der Waals surface area contributed by atoms with Gasteiger partial charge in [-0.25, -0.2) is 0 Å². The molecule has 0 amide bonds. The summed E-state index contributed by atoms with van der Waals surface area (Å²) in [6.45, 7) is 0. The molecule has 0 aliphatic carbocycles. The van der Waals surface area contributed by atoms with E-state index in [-0.39, 0.29) is 5.43 Å². The van der Waals surface area contributed by atoms with E-state index < -0.39 is 0 Å². The van der Waals surface area contributed by atoms with Crippen LogP contribution in [0.3, 0.4) is 0 Å². The van der Waals surface area contributed by atoms with E-state index >= 15 is 0 Å². The van der Waals surface area contributed by atoms with Crippen molar-refractivity contribution in [1.29, 1.82) is 0 Å². The highest BCUT2D eigenvalue weighted by Gasteiger charge is 2.03. The summed E-state index contributed by atoms with van der Waals surface area (Å²) in [5.74, 6) is 0. The van der Waals surface area contributed by atoms with E-state index in [0.29, 0.717) is 16.2 Å². The molecule has 0 fully saturated rings. The average molecular weight is 216 g/mol. The van der Waals surface area contributed by atoms with Crippen molar-refractivity contribution >= 4 is 34.9 Å². The van der Waals surface area contributed by atoms with Crippen LogP contribution in [0.2, 0.25) is 0 Å². The molecule has 0 aliphatic rings. The minimum Gasteiger partial charge on any atom is -0.289 e. The molecule has 0 unspecified atom stereocenters. The molecule has 0 aliphatic heterocycles. The van der Waals surface area contributed by atoms with E-state index in [1.54, 1.807) is 0 Å². The van der Waals surface area contributed by atoms with Gasteiger partial charge in [0.05, 0.1) is 0 Å². The van der Waals surface area contributed by atoms with Crippen LogP contribution < -0.4 is 10.9 Å². The van der Waals surface area contributed by atoms with Crippen LogP contribution in [0.25, 0.3) is 21.5 Å². The van der Waals surface area contributed by atoms with Gasteiger partial charge in [-0.2, -0.15) is 0 Å². The third-order valence-corrected chi connectivity index (χ3v) is 3.00. The first kappa shape index (κ1) is 10.1. The number of fused-ring (bicyclic) bond motifs is 2. The zero-order valence-electron chi connectivity index (χ0n) is 9.18. The summed E-state index contributed by atoms with van der Waals surface area (Å²) in [7, 11) is 6.03. The predicted octanol–water partition coefficient (Wildman–Crippen LogP) is 2.15. The van der Waals surface area contributed by atoms with Gasteiger partial charge in [-0.05, 0) is 10.8 Å². The molecule has 2 heteroatoms. The van der Waals surface area contributed by atoms with Crippen LogP contribution in [-0.4, -0.2) is 7.85 Å². The Hall–Kier alpha value is -2.09. The molecule has 3 aromatic rings. The maximum atomic E-state index is 12.4. The summed E-state index contributed by atoms with van der Waals surface area (Å²) in [4.78, 5) is 12.4. The first-order valence-corrected chi connectivity index (χ1v) is 5.47. The van der Waals surface area contributed by atoms with Crippen molar-refractivity contribution in [2.75, 3.05) is 0 Å². The molecule has 2 radical (unpaired) electrons. The van der Waals surface area contributed by atoms with E-state index in [4.69, 9.17) is 7.85 Å². The monoisotopic (exact) mass is 216 g/mol. The van der Waals surface area contributed by atoms with Gasteiger partial charge < -0.3 is 0 Å². The standard InChI is InChI=1S/C15H9BO/c16-14-9-10-5-1-2-6-11(10)15(17)13-8-4-3-7-12(13)14/h1-9H. The second-order valence-electron chi connectivity index (χ2n) is 4.06. The predicted molar refractivity (Wildman–Crippen MR) is 73.1 cm³/mol. The Bertz CT molecular complexity index is 778. The van der Waals surface area contributed by atoms with Crippen molar-refractivity contribution in [3.63, 3.8) is 0 Å². The lowest BCUT2D eigenvalue weighted by atomic mass is 9.92. The second kappa shape index (κ2) is 3.74. The Morgan fingerprint density at radius 2 is 1.35 bits per heavy atom. The zero-order valence-corrected chi connectivity index (χ0v) is 9.18. The van der Waals surface area contributed by atoms with Crippen molar-refractivity contribution in [3.8, 4) is 0 Å². The summed E-state index contributed by atoms with van der Waals surface area (Å²) in [6.07, 6.45) is 0. The maximum Gasteiger partial charge on any atom is 0.194 e. The molecular weight excluding hydrogens is 207 g/mol. The van der Waals surface area contributed by atoms with Crippen LogP contribution in [0, 0.1) is 0 Å². The molecule has 3 rings (SSSR count). The van der Waals surface area contributed by atoms with Gasteiger partial charge in [-0.1, -0.05) is 60.1 Å². The fourth-order valence-electron chi connectivity index (χ4n) is 2.15. The molecule has 0 aromatic heterocycles. The van der Waals surface area contributed by atoms with Crippen molar-refractivity contribution < 1.29 is 0 Å². The van der Waals surface area contributed by atoms with Crippen molar-refractivity contribution in [2.45, 2.75) is 0 Å². The third kappa shape index (κ3) is 1.53. The van der Waals surface area contributed by atoms with Gasteiger partial charge in [-0.3, -0.25) is 4.79 Å². The topological polar surface area (TPSA) is 17.1 Å². The first-order valence-electron chi connectivity index (χ1n) is 5.47. The zero-order chi connectivity index (χ0) is 11.8. The number of benzene rings is 2. The van der Waals surface area contributed by atoms with Gasteiger partial charge in [0.25, 0.3) is 0 Å². The number of hydrogen-bond donors (Lipinski definition) is 0. The minimum atomic E-state index is 0.0351. The van der Waals surface area contributed by atoms with Gasteiger partial charge in [0, 0.05) is 10.8 Å². The molecule has 78 valence electrons. The van der Waals surface area contributed by atoms with Gasteiger partial charge in [0.15, 0.2) is 5.43 Å². The quantitative estimate of drug-likeness (QED) is 0.526. The molecular formula is C15H9BO. The fourth-order valence-corrected chi connectivity index (χ4v) is 2.15. The third-order valence-electron chi connectivity index (χ3n) is 3.00. The molecule has 0 spiro atoms. The van der Waals surface area contributed by atoms with Crippen LogP contribution in [0.4, 0.5) is 0 Å². The fraction of sp³-hybridized carbons (Fsp3) is 0. The maximum absolute atomic E-state index is 12.4. The van der Waals surface area contributed by atoms with E-state index in [1.807, 2.05) is 54.6 Å². The summed E-state index contributed by atoms with van der Waals surface area (Å²) < 4.78 is 0. The highest BCUT2D eigenvalue weighted by Crippen LogP contribution is 2.12. The van der Waals surface area contributed by atoms with Crippen LogP contribution >= 0.6 is 0 Å². The smallest absolute Gasteiger partial charge is 0.194 e. The molecule has 0 atom stereocenters. The molecule has 17 heavy (non-hydrogen) atoms. The summed E-state index contributed by atoms with van der Waals surface area (Å²) >= 11 is 0. The summed E-state index contributed by atoms with van der Waals surface area (Å²) in [5.41, 5.74) is 0.673. The first-order chi connectivity index (χ1) is 8.27. The van der Waals surface area contributed by atoms with Gasteiger partial charge in [0.1, 0.15) is 7.85 Å². The number of rotatable bonds is 0. The minimum absolute atomic E-state index is 0.0351. The second-order valence-corrected chi connectivity index (χ2v) is 4.06. The molecule has 0 bridgehead atoms. The van der Waals surface area contributed by atoms with Crippen LogP contribution in [0.5, 0.6) is 0 Å².